The summed E-state index contributed by atoms with van der Waals surface area (Å²) in [5.74, 6) is -1.07. The van der Waals surface area contributed by atoms with Gasteiger partial charge in [-0.25, -0.2) is 4.79 Å². The molecule has 0 heterocycles. The Hall–Kier alpha value is -1.27. The molecule has 6 heteroatoms. The molecule has 0 fully saturated rings. The fourth-order valence-corrected chi connectivity index (χ4v) is 1.24. The molecule has 0 aliphatic rings. The zero-order valence-corrected chi connectivity index (χ0v) is 7.77. The molecule has 0 bridgehead atoms. The van der Waals surface area contributed by atoms with Crippen LogP contribution in [-0.4, -0.2) is 35.8 Å². The number of carbonyl (C=O) groups is 1. The van der Waals surface area contributed by atoms with Crippen LogP contribution in [0.4, 0.5) is 5.69 Å². The summed E-state index contributed by atoms with van der Waals surface area (Å²) in [6.45, 7) is 3.10. The van der Waals surface area contributed by atoms with Gasteiger partial charge in [-0.05, 0) is 25.5 Å². The molecule has 1 N–H and O–H groups in total. The molecule has 0 atom stereocenters. The molecular weight excluding hydrogens is 256 g/mol. The van der Waals surface area contributed by atoms with E-state index in [1.807, 2.05) is 0 Å². The van der Waals surface area contributed by atoms with Gasteiger partial charge in [0.05, 0.1) is 10.5 Å². The third kappa shape index (κ3) is 2.60. The summed E-state index contributed by atoms with van der Waals surface area (Å²) in [6.07, 6.45) is 0. The van der Waals surface area contributed by atoms with E-state index in [9.17, 15) is 14.9 Å². The normalized spacial score (nSPS) is 9.20. The molecule has 0 saturated carbocycles. The number of hydrogen-bond acceptors (Lipinski definition) is 3. The van der Waals surface area contributed by atoms with Crippen LogP contribution in [0, 0.1) is 24.0 Å². The number of aromatic carboxylic acids is 1. The van der Waals surface area contributed by atoms with Crippen molar-refractivity contribution >= 4 is 31.4 Å². The second kappa shape index (κ2) is 4.99. The van der Waals surface area contributed by atoms with Crippen molar-refractivity contribution in [3.63, 3.8) is 0 Å². The Labute approximate surface area is 99.3 Å². The Morgan fingerprint density at radius 2 is 1.87 bits per heavy atom. The van der Waals surface area contributed by atoms with E-state index in [0.29, 0.717) is 11.1 Å². The Balaban J connectivity index is 0.00000196. The summed E-state index contributed by atoms with van der Waals surface area (Å²) in [6, 6.07) is 2.47. The Morgan fingerprint density at radius 1 is 1.33 bits per heavy atom. The van der Waals surface area contributed by atoms with Crippen LogP contribution in [0.1, 0.15) is 21.5 Å². The second-order valence-corrected chi connectivity index (χ2v) is 2.94. The molecular formula is C9H12GaNO4. The van der Waals surface area contributed by atoms with Crippen molar-refractivity contribution in [1.29, 1.82) is 0 Å². The summed E-state index contributed by atoms with van der Waals surface area (Å²) in [7, 11) is 0. The minimum atomic E-state index is -1.07. The van der Waals surface area contributed by atoms with Gasteiger partial charge in [0.15, 0.2) is 0 Å². The van der Waals surface area contributed by atoms with Crippen LogP contribution in [0.15, 0.2) is 12.1 Å². The quantitative estimate of drug-likeness (QED) is 0.487. The van der Waals surface area contributed by atoms with E-state index in [1.165, 1.54) is 12.1 Å². The molecule has 0 unspecified atom stereocenters. The van der Waals surface area contributed by atoms with Gasteiger partial charge in [0, 0.05) is 11.6 Å². The standard InChI is InChI=1S/C9H9NO4.Ga.3H/c1-5-6(2)8(10(13)14)4-3-7(5)9(11)12;;;;/h3-4H,1-2H3,(H,11,12);;;;. The van der Waals surface area contributed by atoms with Gasteiger partial charge >= 0.3 is 25.8 Å². The summed E-state index contributed by atoms with van der Waals surface area (Å²) in [4.78, 5) is 20.7. The molecule has 1 aromatic rings. The minimum absolute atomic E-state index is 0. The van der Waals surface area contributed by atoms with E-state index >= 15 is 0 Å². The van der Waals surface area contributed by atoms with Crippen LogP contribution in [0.3, 0.4) is 0 Å². The molecule has 80 valence electrons. The summed E-state index contributed by atoms with van der Waals surface area (Å²) >= 11 is 0. The predicted octanol–water partition coefficient (Wildman–Crippen LogP) is 0.726. The number of nitro groups is 1. The third-order valence-corrected chi connectivity index (χ3v) is 2.19. The Morgan fingerprint density at radius 3 is 2.27 bits per heavy atom. The molecule has 0 spiro atoms. The number of benzene rings is 1. The molecule has 1 rings (SSSR count). The maximum atomic E-state index is 10.7. The van der Waals surface area contributed by atoms with Gasteiger partial charge in [-0.15, -0.1) is 0 Å². The van der Waals surface area contributed by atoms with Crippen molar-refractivity contribution in [1.82, 2.24) is 0 Å². The van der Waals surface area contributed by atoms with Gasteiger partial charge in [-0.2, -0.15) is 0 Å². The first-order valence-corrected chi connectivity index (χ1v) is 3.93. The van der Waals surface area contributed by atoms with Crippen molar-refractivity contribution in [2.45, 2.75) is 13.8 Å². The van der Waals surface area contributed by atoms with Crippen LogP contribution in [0.25, 0.3) is 0 Å². The number of carboxylic acids is 1. The van der Waals surface area contributed by atoms with Crippen molar-refractivity contribution in [2.24, 2.45) is 0 Å². The molecule has 0 aromatic heterocycles. The first kappa shape index (κ1) is 13.7. The van der Waals surface area contributed by atoms with Crippen LogP contribution in [-0.2, 0) is 0 Å². The maximum absolute atomic E-state index is 10.7. The zero-order chi connectivity index (χ0) is 10.9. The average Bonchev–Trinajstić information content (AvgIpc) is 2.08. The SMILES string of the molecule is Cc1c(C(=O)O)ccc([N+](=O)[O-])c1C.[GaH3]. The first-order chi connectivity index (χ1) is 6.45. The summed E-state index contributed by atoms with van der Waals surface area (Å²) < 4.78 is 0. The van der Waals surface area contributed by atoms with Crippen LogP contribution in [0.2, 0.25) is 0 Å². The molecule has 5 nitrogen and oxygen atoms in total. The number of rotatable bonds is 2. The average molecular weight is 268 g/mol. The zero-order valence-electron chi connectivity index (χ0n) is 7.77. The Kier molecular flexibility index (Phi) is 4.57. The molecule has 15 heavy (non-hydrogen) atoms. The van der Waals surface area contributed by atoms with Gasteiger partial charge in [0.25, 0.3) is 5.69 Å². The third-order valence-electron chi connectivity index (χ3n) is 2.19. The topological polar surface area (TPSA) is 80.4 Å². The van der Waals surface area contributed by atoms with Crippen molar-refractivity contribution in [2.75, 3.05) is 0 Å². The second-order valence-electron chi connectivity index (χ2n) is 2.94. The first-order valence-electron chi connectivity index (χ1n) is 3.93. The van der Waals surface area contributed by atoms with E-state index in [-0.39, 0.29) is 31.0 Å². The number of carboxylic acid groups (broad SMARTS) is 1. The van der Waals surface area contributed by atoms with Crippen LogP contribution < -0.4 is 0 Å². The van der Waals surface area contributed by atoms with E-state index in [2.05, 4.69) is 0 Å². The van der Waals surface area contributed by atoms with Gasteiger partial charge in [-0.1, -0.05) is 0 Å². The molecule has 0 amide bonds. The van der Waals surface area contributed by atoms with E-state index in [1.54, 1.807) is 13.8 Å². The summed E-state index contributed by atoms with van der Waals surface area (Å²) in [5, 5.41) is 19.3. The predicted molar refractivity (Wildman–Crippen MR) is 59.5 cm³/mol. The monoisotopic (exact) mass is 267 g/mol. The van der Waals surface area contributed by atoms with Crippen molar-refractivity contribution < 1.29 is 14.8 Å². The van der Waals surface area contributed by atoms with E-state index in [4.69, 9.17) is 5.11 Å². The van der Waals surface area contributed by atoms with Crippen LogP contribution in [0.5, 0.6) is 0 Å². The van der Waals surface area contributed by atoms with E-state index in [0.717, 1.165) is 0 Å². The summed E-state index contributed by atoms with van der Waals surface area (Å²) in [5.41, 5.74) is 0.891. The van der Waals surface area contributed by atoms with E-state index < -0.39 is 10.9 Å². The molecule has 1 aromatic carbocycles. The van der Waals surface area contributed by atoms with Crippen molar-refractivity contribution in [3.05, 3.63) is 38.9 Å². The van der Waals surface area contributed by atoms with Crippen LogP contribution >= 0.6 is 0 Å². The number of nitro benzene ring substituents is 1. The van der Waals surface area contributed by atoms with Crippen molar-refractivity contribution in [3.8, 4) is 0 Å². The molecule has 0 radical (unpaired) electrons. The van der Waals surface area contributed by atoms with Gasteiger partial charge < -0.3 is 5.11 Å². The molecule has 0 aliphatic heterocycles. The van der Waals surface area contributed by atoms with Gasteiger partial charge in [-0.3, -0.25) is 10.1 Å². The van der Waals surface area contributed by atoms with Gasteiger partial charge in [0.1, 0.15) is 0 Å². The number of nitrogens with zero attached hydrogens (tertiary/aromatic N) is 1. The van der Waals surface area contributed by atoms with Gasteiger partial charge in [0.2, 0.25) is 0 Å². The molecule has 0 saturated heterocycles. The fourth-order valence-electron chi connectivity index (χ4n) is 1.24. The Bertz CT molecular complexity index is 378. The number of hydrogen-bond donors (Lipinski definition) is 1. The molecule has 0 aliphatic carbocycles. The fraction of sp³-hybridized carbons (Fsp3) is 0.222.